The molecule has 1 rings (SSSR count). The molecule has 0 aromatic heterocycles. The maximum Gasteiger partial charge on any atom is 0.159 e. The van der Waals surface area contributed by atoms with E-state index in [1.54, 1.807) is 0 Å². The summed E-state index contributed by atoms with van der Waals surface area (Å²) < 4.78 is 9.72. The molecule has 42 valence electrons. The number of ether oxygens (including phenoxy) is 2. The van der Waals surface area contributed by atoms with Gasteiger partial charge in [0.2, 0.25) is 0 Å². The minimum atomic E-state index is -0.236. The first-order valence-electron chi connectivity index (χ1n) is 2.18. The second-order valence-corrected chi connectivity index (χ2v) is 1.94. The fraction of sp³-hybridized carbons (Fsp3) is 1.00. The topological polar surface area (TPSA) is 18.5 Å². The molecule has 3 heteroatoms. The van der Waals surface area contributed by atoms with E-state index >= 15 is 0 Å². The Bertz CT molecular complexity index is 58.7. The molecule has 0 radical (unpaired) electrons. The first-order valence-corrected chi connectivity index (χ1v) is 2.61. The SMILES string of the molecule is CC1OCOC1Cl. The van der Waals surface area contributed by atoms with Crippen molar-refractivity contribution in [1.29, 1.82) is 0 Å². The fourth-order valence-electron chi connectivity index (χ4n) is 0.423. The molecule has 1 saturated heterocycles. The summed E-state index contributed by atoms with van der Waals surface area (Å²) in [7, 11) is 0. The third kappa shape index (κ3) is 1.06. The number of hydrogen-bond acceptors (Lipinski definition) is 2. The fourth-order valence-corrected chi connectivity index (χ4v) is 0.547. The van der Waals surface area contributed by atoms with Crippen LogP contribution in [0.3, 0.4) is 0 Å². The molecule has 2 nitrogen and oxygen atoms in total. The van der Waals surface area contributed by atoms with Crippen molar-refractivity contribution in [2.75, 3.05) is 6.79 Å². The highest BCUT2D eigenvalue weighted by Crippen LogP contribution is 2.14. The summed E-state index contributed by atoms with van der Waals surface area (Å²) >= 11 is 5.52. The molecule has 0 aliphatic carbocycles. The summed E-state index contributed by atoms with van der Waals surface area (Å²) in [6.07, 6.45) is 0.0571. The van der Waals surface area contributed by atoms with E-state index in [-0.39, 0.29) is 11.7 Å². The molecule has 0 N–H and O–H groups in total. The summed E-state index contributed by atoms with van der Waals surface area (Å²) in [6.45, 7) is 2.22. The van der Waals surface area contributed by atoms with Crippen LogP contribution < -0.4 is 0 Å². The number of alkyl halides is 1. The lowest BCUT2D eigenvalue weighted by molar-refractivity contribution is 0.0488. The molecule has 2 unspecified atom stereocenters. The Morgan fingerprint density at radius 3 is 2.43 bits per heavy atom. The van der Waals surface area contributed by atoms with E-state index in [9.17, 15) is 0 Å². The monoisotopic (exact) mass is 122 g/mol. The van der Waals surface area contributed by atoms with E-state index in [1.165, 1.54) is 0 Å². The normalized spacial score (nSPS) is 42.0. The van der Waals surface area contributed by atoms with Gasteiger partial charge in [-0.2, -0.15) is 0 Å². The van der Waals surface area contributed by atoms with Gasteiger partial charge in [-0.1, -0.05) is 11.6 Å². The van der Waals surface area contributed by atoms with Crippen LogP contribution in [0.4, 0.5) is 0 Å². The first-order chi connectivity index (χ1) is 3.30. The minimum absolute atomic E-state index is 0.0571. The predicted molar refractivity (Wildman–Crippen MR) is 26.1 cm³/mol. The van der Waals surface area contributed by atoms with E-state index in [0.29, 0.717) is 6.79 Å². The molecule has 0 bridgehead atoms. The molecule has 1 aliphatic rings. The molecule has 7 heavy (non-hydrogen) atoms. The second kappa shape index (κ2) is 1.99. The van der Waals surface area contributed by atoms with Crippen molar-refractivity contribution < 1.29 is 9.47 Å². The van der Waals surface area contributed by atoms with Crippen LogP contribution in [0.25, 0.3) is 0 Å². The number of hydrogen-bond donors (Lipinski definition) is 0. The molecule has 0 spiro atoms. The number of rotatable bonds is 0. The van der Waals surface area contributed by atoms with Crippen molar-refractivity contribution in [3.8, 4) is 0 Å². The smallest absolute Gasteiger partial charge is 0.159 e. The average molecular weight is 123 g/mol. The Morgan fingerprint density at radius 1 is 1.57 bits per heavy atom. The maximum atomic E-state index is 5.52. The molecule has 1 fully saturated rings. The molecule has 1 aliphatic heterocycles. The molecule has 0 saturated carbocycles. The summed E-state index contributed by atoms with van der Waals surface area (Å²) in [5, 5.41) is 0. The lowest BCUT2D eigenvalue weighted by Crippen LogP contribution is -2.10. The van der Waals surface area contributed by atoms with Gasteiger partial charge in [0.25, 0.3) is 0 Å². The minimum Gasteiger partial charge on any atom is -0.348 e. The van der Waals surface area contributed by atoms with E-state index in [4.69, 9.17) is 21.1 Å². The lowest BCUT2D eigenvalue weighted by atomic mass is 10.4. The van der Waals surface area contributed by atoms with Gasteiger partial charge in [0, 0.05) is 0 Å². The quantitative estimate of drug-likeness (QED) is 0.446. The van der Waals surface area contributed by atoms with Gasteiger partial charge in [0.1, 0.15) is 6.79 Å². The van der Waals surface area contributed by atoms with Crippen molar-refractivity contribution in [1.82, 2.24) is 0 Å². The molecule has 2 atom stereocenters. The van der Waals surface area contributed by atoms with Gasteiger partial charge in [0.15, 0.2) is 5.56 Å². The van der Waals surface area contributed by atoms with Gasteiger partial charge in [0.05, 0.1) is 6.10 Å². The van der Waals surface area contributed by atoms with Crippen LogP contribution in [0.15, 0.2) is 0 Å². The average Bonchev–Trinajstić information content (AvgIpc) is 1.91. The summed E-state index contributed by atoms with van der Waals surface area (Å²) in [5.41, 5.74) is -0.236. The van der Waals surface area contributed by atoms with E-state index in [2.05, 4.69) is 0 Å². The van der Waals surface area contributed by atoms with E-state index in [1.807, 2.05) is 6.92 Å². The first kappa shape index (κ1) is 5.35. The highest BCUT2D eigenvalue weighted by molar-refractivity contribution is 6.20. The van der Waals surface area contributed by atoms with Crippen molar-refractivity contribution in [2.24, 2.45) is 0 Å². The summed E-state index contributed by atoms with van der Waals surface area (Å²) in [4.78, 5) is 0. The maximum absolute atomic E-state index is 5.52. The molecule has 0 aromatic carbocycles. The van der Waals surface area contributed by atoms with Crippen LogP contribution in [0.2, 0.25) is 0 Å². The molecule has 0 aromatic rings. The zero-order valence-corrected chi connectivity index (χ0v) is 4.81. The van der Waals surface area contributed by atoms with Crippen LogP contribution in [-0.2, 0) is 9.47 Å². The predicted octanol–water partition coefficient (Wildman–Crippen LogP) is 0.944. The molecule has 1 heterocycles. The van der Waals surface area contributed by atoms with Crippen molar-refractivity contribution in [3.05, 3.63) is 0 Å². The lowest BCUT2D eigenvalue weighted by Gasteiger charge is -1.99. The zero-order valence-electron chi connectivity index (χ0n) is 4.06. The van der Waals surface area contributed by atoms with Gasteiger partial charge < -0.3 is 9.47 Å². The van der Waals surface area contributed by atoms with Gasteiger partial charge in [-0.25, -0.2) is 0 Å². The van der Waals surface area contributed by atoms with Crippen LogP contribution in [0, 0.1) is 0 Å². The Morgan fingerprint density at radius 2 is 2.29 bits per heavy atom. The van der Waals surface area contributed by atoms with Crippen LogP contribution in [0.5, 0.6) is 0 Å². The Labute approximate surface area is 47.4 Å². The standard InChI is InChI=1S/C4H7ClO2/c1-3-4(5)7-2-6-3/h3-4H,2H2,1H3. The molecular formula is C4H7ClO2. The van der Waals surface area contributed by atoms with Crippen LogP contribution >= 0.6 is 11.6 Å². The van der Waals surface area contributed by atoms with Gasteiger partial charge >= 0.3 is 0 Å². The Hall–Kier alpha value is 0.210. The van der Waals surface area contributed by atoms with Crippen LogP contribution in [-0.4, -0.2) is 18.5 Å². The third-order valence-corrected chi connectivity index (χ3v) is 1.41. The summed E-state index contributed by atoms with van der Waals surface area (Å²) in [5.74, 6) is 0. The van der Waals surface area contributed by atoms with Crippen molar-refractivity contribution in [2.45, 2.75) is 18.6 Å². The molecule has 0 amide bonds. The van der Waals surface area contributed by atoms with Gasteiger partial charge in [-0.05, 0) is 6.92 Å². The van der Waals surface area contributed by atoms with Crippen molar-refractivity contribution >= 4 is 11.6 Å². The Balaban J connectivity index is 2.33. The second-order valence-electron chi connectivity index (χ2n) is 1.51. The third-order valence-electron chi connectivity index (χ3n) is 0.927. The molecular weight excluding hydrogens is 115 g/mol. The van der Waals surface area contributed by atoms with E-state index < -0.39 is 0 Å². The largest absolute Gasteiger partial charge is 0.348 e. The summed E-state index contributed by atoms with van der Waals surface area (Å²) in [6, 6.07) is 0. The number of halogens is 1. The highest BCUT2D eigenvalue weighted by Gasteiger charge is 2.21. The highest BCUT2D eigenvalue weighted by atomic mass is 35.5. The van der Waals surface area contributed by atoms with Gasteiger partial charge in [-0.15, -0.1) is 0 Å². The van der Waals surface area contributed by atoms with Gasteiger partial charge in [-0.3, -0.25) is 0 Å². The van der Waals surface area contributed by atoms with Crippen molar-refractivity contribution in [3.63, 3.8) is 0 Å². The van der Waals surface area contributed by atoms with E-state index in [0.717, 1.165) is 0 Å². The Kier molecular flexibility index (Phi) is 1.52. The van der Waals surface area contributed by atoms with Crippen LogP contribution in [0.1, 0.15) is 6.92 Å². The zero-order chi connectivity index (χ0) is 5.28.